The first-order valence-electron chi connectivity index (χ1n) is 6.77. The largest absolute Gasteiger partial charge is 0.357 e. The molecular weight excluding hydrogens is 312 g/mol. The number of aliphatic imine (C=N–C) groups is 1. The quantitative estimate of drug-likeness (QED) is 0.398. The van der Waals surface area contributed by atoms with E-state index in [0.29, 0.717) is 17.5 Å². The highest BCUT2D eigenvalue weighted by molar-refractivity contribution is 7.89. The Morgan fingerprint density at radius 1 is 1.24 bits per heavy atom. The highest BCUT2D eigenvalue weighted by atomic mass is 35.5. The van der Waals surface area contributed by atoms with Gasteiger partial charge in [0.05, 0.1) is 11.4 Å². The minimum Gasteiger partial charge on any atom is -0.357 e. The second-order valence-electron chi connectivity index (χ2n) is 4.15. The van der Waals surface area contributed by atoms with E-state index in [1.165, 1.54) is 12.1 Å². The molecule has 0 amide bonds. The Labute approximate surface area is 131 Å². The third kappa shape index (κ3) is 6.33. The van der Waals surface area contributed by atoms with Crippen molar-refractivity contribution in [3.63, 3.8) is 0 Å². The van der Waals surface area contributed by atoms with Crippen LogP contribution in [-0.2, 0) is 10.0 Å². The number of guanidine groups is 1. The van der Waals surface area contributed by atoms with Gasteiger partial charge >= 0.3 is 0 Å². The van der Waals surface area contributed by atoms with E-state index in [4.69, 9.17) is 11.6 Å². The van der Waals surface area contributed by atoms with Crippen molar-refractivity contribution in [1.82, 2.24) is 15.4 Å². The number of rotatable bonds is 7. The van der Waals surface area contributed by atoms with Crippen molar-refractivity contribution in [2.45, 2.75) is 18.7 Å². The summed E-state index contributed by atoms with van der Waals surface area (Å²) in [5.41, 5.74) is 0. The van der Waals surface area contributed by atoms with Crippen molar-refractivity contribution in [1.29, 1.82) is 0 Å². The molecule has 0 fully saturated rings. The molecule has 21 heavy (non-hydrogen) atoms. The smallest absolute Gasteiger partial charge is 0.240 e. The predicted octanol–water partition coefficient (Wildman–Crippen LogP) is 1.19. The summed E-state index contributed by atoms with van der Waals surface area (Å²) < 4.78 is 26.6. The van der Waals surface area contributed by atoms with E-state index in [-0.39, 0.29) is 11.4 Å². The molecule has 0 bridgehead atoms. The lowest BCUT2D eigenvalue weighted by molar-refractivity contribution is 0.582. The number of halogens is 1. The summed E-state index contributed by atoms with van der Waals surface area (Å²) in [5.74, 6) is 0.668. The Morgan fingerprint density at radius 2 is 1.90 bits per heavy atom. The summed E-state index contributed by atoms with van der Waals surface area (Å²) in [6.07, 6.45) is 0. The molecule has 0 aliphatic rings. The molecular formula is C13H21ClN4O2S. The van der Waals surface area contributed by atoms with Crippen molar-refractivity contribution >= 4 is 27.6 Å². The van der Waals surface area contributed by atoms with Crippen LogP contribution in [0.4, 0.5) is 0 Å². The lowest BCUT2D eigenvalue weighted by atomic mass is 10.4. The zero-order valence-electron chi connectivity index (χ0n) is 12.2. The van der Waals surface area contributed by atoms with Crippen LogP contribution in [0.5, 0.6) is 0 Å². The molecule has 1 aromatic rings. The fraction of sp³-hybridized carbons (Fsp3) is 0.462. The molecule has 1 aromatic carbocycles. The molecule has 3 N–H and O–H groups in total. The molecule has 0 spiro atoms. The van der Waals surface area contributed by atoms with Crippen molar-refractivity contribution in [3.8, 4) is 0 Å². The van der Waals surface area contributed by atoms with Gasteiger partial charge in [0.15, 0.2) is 5.96 Å². The van der Waals surface area contributed by atoms with Crippen molar-refractivity contribution in [2.75, 3.05) is 26.2 Å². The van der Waals surface area contributed by atoms with E-state index in [0.717, 1.165) is 13.1 Å². The maximum Gasteiger partial charge on any atom is 0.240 e. The van der Waals surface area contributed by atoms with E-state index in [1.807, 2.05) is 13.8 Å². The standard InChI is InChI=1S/C13H21ClN4O2S/c1-3-15-13(16-4-2)17-8-9-18-21(19,20)12-7-5-6-11(14)10-12/h5-7,10,18H,3-4,8-9H2,1-2H3,(H2,15,16,17). The van der Waals surface area contributed by atoms with Crippen LogP contribution in [0.1, 0.15) is 13.8 Å². The Bertz CT molecular complexity index is 567. The molecule has 0 aliphatic carbocycles. The lowest BCUT2D eigenvalue weighted by Gasteiger charge is -2.09. The Hall–Kier alpha value is -1.31. The van der Waals surface area contributed by atoms with Gasteiger partial charge in [0.25, 0.3) is 0 Å². The summed E-state index contributed by atoms with van der Waals surface area (Å²) >= 11 is 5.79. The number of hydrogen-bond acceptors (Lipinski definition) is 3. The minimum atomic E-state index is -3.55. The van der Waals surface area contributed by atoms with Crippen molar-refractivity contribution in [2.24, 2.45) is 4.99 Å². The van der Waals surface area contributed by atoms with Crippen LogP contribution >= 0.6 is 11.6 Å². The molecule has 0 aromatic heterocycles. The lowest BCUT2D eigenvalue weighted by Crippen LogP contribution is -2.37. The molecule has 1 rings (SSSR count). The van der Waals surface area contributed by atoms with Crippen LogP contribution in [0, 0.1) is 0 Å². The fourth-order valence-electron chi connectivity index (χ4n) is 1.57. The van der Waals surface area contributed by atoms with E-state index < -0.39 is 10.0 Å². The zero-order chi connectivity index (χ0) is 15.7. The monoisotopic (exact) mass is 332 g/mol. The number of nitrogens with one attached hydrogen (secondary N) is 3. The third-order valence-electron chi connectivity index (χ3n) is 2.47. The van der Waals surface area contributed by atoms with Gasteiger partial charge in [-0.15, -0.1) is 0 Å². The highest BCUT2D eigenvalue weighted by Crippen LogP contribution is 2.14. The Kier molecular flexibility index (Phi) is 7.49. The first kappa shape index (κ1) is 17.7. The summed E-state index contributed by atoms with van der Waals surface area (Å²) in [5, 5.41) is 6.52. The maximum absolute atomic E-state index is 12.0. The third-order valence-corrected chi connectivity index (χ3v) is 4.16. The van der Waals surface area contributed by atoms with E-state index in [1.54, 1.807) is 12.1 Å². The molecule has 0 atom stereocenters. The van der Waals surface area contributed by atoms with Crippen LogP contribution in [0.15, 0.2) is 34.2 Å². The van der Waals surface area contributed by atoms with Gasteiger partial charge in [-0.1, -0.05) is 17.7 Å². The number of benzene rings is 1. The topological polar surface area (TPSA) is 82.6 Å². The van der Waals surface area contributed by atoms with Crippen LogP contribution in [0.3, 0.4) is 0 Å². The van der Waals surface area contributed by atoms with Gasteiger partial charge in [-0.05, 0) is 32.0 Å². The maximum atomic E-state index is 12.0. The molecule has 0 radical (unpaired) electrons. The van der Waals surface area contributed by atoms with E-state index >= 15 is 0 Å². The van der Waals surface area contributed by atoms with Gasteiger partial charge in [0.1, 0.15) is 0 Å². The van der Waals surface area contributed by atoms with E-state index in [2.05, 4.69) is 20.3 Å². The molecule has 118 valence electrons. The highest BCUT2D eigenvalue weighted by Gasteiger charge is 2.13. The predicted molar refractivity (Wildman–Crippen MR) is 86.3 cm³/mol. The summed E-state index contributed by atoms with van der Waals surface area (Å²) in [6, 6.07) is 6.14. The average Bonchev–Trinajstić information content (AvgIpc) is 2.44. The van der Waals surface area contributed by atoms with Crippen molar-refractivity contribution < 1.29 is 8.42 Å². The molecule has 6 nitrogen and oxygen atoms in total. The summed E-state index contributed by atoms with van der Waals surface area (Å²) in [4.78, 5) is 4.41. The van der Waals surface area contributed by atoms with Crippen molar-refractivity contribution in [3.05, 3.63) is 29.3 Å². The van der Waals surface area contributed by atoms with Gasteiger partial charge in [0, 0.05) is 24.7 Å². The molecule has 0 saturated carbocycles. The second kappa shape index (κ2) is 8.86. The first-order chi connectivity index (χ1) is 9.99. The number of nitrogens with zero attached hydrogens (tertiary/aromatic N) is 1. The Balaban J connectivity index is 2.56. The normalized spacial score (nSPS) is 11.0. The van der Waals surface area contributed by atoms with Crippen LogP contribution in [0.25, 0.3) is 0 Å². The van der Waals surface area contributed by atoms with E-state index in [9.17, 15) is 8.42 Å². The van der Waals surface area contributed by atoms with Gasteiger partial charge in [-0.3, -0.25) is 4.99 Å². The fourth-order valence-corrected chi connectivity index (χ4v) is 2.90. The molecule has 0 saturated heterocycles. The van der Waals surface area contributed by atoms with Crippen LogP contribution < -0.4 is 15.4 Å². The summed E-state index contributed by atoms with van der Waals surface area (Å²) in [7, 11) is -3.55. The average molecular weight is 333 g/mol. The van der Waals surface area contributed by atoms with Gasteiger partial charge < -0.3 is 10.6 Å². The first-order valence-corrected chi connectivity index (χ1v) is 8.63. The molecule has 0 unspecified atom stereocenters. The zero-order valence-corrected chi connectivity index (χ0v) is 13.8. The van der Waals surface area contributed by atoms with Crippen LogP contribution in [0.2, 0.25) is 5.02 Å². The second-order valence-corrected chi connectivity index (χ2v) is 6.35. The summed E-state index contributed by atoms with van der Waals surface area (Å²) in [6.45, 7) is 5.99. The minimum absolute atomic E-state index is 0.151. The van der Waals surface area contributed by atoms with Gasteiger partial charge in [0.2, 0.25) is 10.0 Å². The van der Waals surface area contributed by atoms with Gasteiger partial charge in [-0.25, -0.2) is 13.1 Å². The number of hydrogen-bond donors (Lipinski definition) is 3. The molecule has 0 heterocycles. The Morgan fingerprint density at radius 3 is 2.48 bits per heavy atom. The molecule has 0 aliphatic heterocycles. The molecule has 8 heteroatoms. The van der Waals surface area contributed by atoms with Crippen LogP contribution in [-0.4, -0.2) is 40.6 Å². The van der Waals surface area contributed by atoms with Gasteiger partial charge in [-0.2, -0.15) is 0 Å². The number of sulfonamides is 1. The SMILES string of the molecule is CCNC(=NCCNS(=O)(=O)c1cccc(Cl)c1)NCC.